The Morgan fingerprint density at radius 3 is 2.83 bits per heavy atom. The lowest BCUT2D eigenvalue weighted by Gasteiger charge is -1.96. The summed E-state index contributed by atoms with van der Waals surface area (Å²) in [6, 6.07) is 0. The number of esters is 1. The van der Waals surface area contributed by atoms with Crippen molar-refractivity contribution in [3.8, 4) is 0 Å². The van der Waals surface area contributed by atoms with Gasteiger partial charge in [0.05, 0.1) is 6.61 Å². The third-order valence-corrected chi connectivity index (χ3v) is 1.69. The van der Waals surface area contributed by atoms with E-state index in [9.17, 15) is 4.79 Å². The van der Waals surface area contributed by atoms with Gasteiger partial charge >= 0.3 is 5.97 Å². The van der Waals surface area contributed by atoms with Crippen LogP contribution in [0.1, 0.15) is 23.4 Å². The second kappa shape index (κ2) is 3.71. The van der Waals surface area contributed by atoms with Crippen molar-refractivity contribution in [3.63, 3.8) is 0 Å². The molecular weight excluding hydrogens is 226 g/mol. The van der Waals surface area contributed by atoms with Crippen molar-refractivity contribution in [2.45, 2.75) is 13.8 Å². The number of halogens is 1. The lowest BCUT2D eigenvalue weighted by molar-refractivity contribution is 0.0487. The quantitative estimate of drug-likeness (QED) is 0.733. The van der Waals surface area contributed by atoms with Crippen LogP contribution < -0.4 is 0 Å². The molecule has 1 aromatic rings. The maximum absolute atomic E-state index is 11.1. The van der Waals surface area contributed by atoms with Gasteiger partial charge in [0.2, 0.25) is 5.76 Å². The predicted octanol–water partition coefficient (Wildman–Crippen LogP) is 1.92. The Bertz CT molecular complexity index is 295. The summed E-state index contributed by atoms with van der Waals surface area (Å²) in [5.41, 5.74) is 0. The van der Waals surface area contributed by atoms with Crippen molar-refractivity contribution in [2.24, 2.45) is 0 Å². The SMILES string of the molecule is CCOC(=O)c1oc(C)nc1Br. The molecule has 12 heavy (non-hydrogen) atoms. The maximum Gasteiger partial charge on any atom is 0.377 e. The van der Waals surface area contributed by atoms with E-state index in [4.69, 9.17) is 9.15 Å². The van der Waals surface area contributed by atoms with E-state index < -0.39 is 5.97 Å². The molecule has 1 rings (SSSR count). The third kappa shape index (κ3) is 1.85. The second-order valence-electron chi connectivity index (χ2n) is 2.07. The summed E-state index contributed by atoms with van der Waals surface area (Å²) in [5, 5.41) is 0. The van der Waals surface area contributed by atoms with Gasteiger partial charge in [0.15, 0.2) is 10.5 Å². The van der Waals surface area contributed by atoms with E-state index in [0.717, 1.165) is 0 Å². The van der Waals surface area contributed by atoms with E-state index in [-0.39, 0.29) is 5.76 Å². The number of aryl methyl sites for hydroxylation is 1. The van der Waals surface area contributed by atoms with Gasteiger partial charge < -0.3 is 9.15 Å². The zero-order valence-corrected chi connectivity index (χ0v) is 8.34. The highest BCUT2D eigenvalue weighted by Crippen LogP contribution is 2.17. The molecule has 0 aliphatic heterocycles. The van der Waals surface area contributed by atoms with Gasteiger partial charge in [-0.1, -0.05) is 0 Å². The first-order valence-corrected chi connectivity index (χ1v) is 4.24. The lowest BCUT2D eigenvalue weighted by atomic mass is 10.5. The largest absolute Gasteiger partial charge is 0.460 e. The van der Waals surface area contributed by atoms with E-state index in [1.807, 2.05) is 0 Å². The Kier molecular flexibility index (Phi) is 2.86. The highest BCUT2D eigenvalue weighted by atomic mass is 79.9. The van der Waals surface area contributed by atoms with Gasteiger partial charge in [-0.05, 0) is 22.9 Å². The zero-order valence-electron chi connectivity index (χ0n) is 6.76. The molecule has 0 bridgehead atoms. The van der Waals surface area contributed by atoms with Crippen LogP contribution in [0.3, 0.4) is 0 Å². The van der Waals surface area contributed by atoms with Crippen molar-refractivity contribution in [1.82, 2.24) is 4.98 Å². The van der Waals surface area contributed by atoms with Crippen LogP contribution in [0.2, 0.25) is 0 Å². The van der Waals surface area contributed by atoms with Gasteiger partial charge in [-0.3, -0.25) is 0 Å². The maximum atomic E-state index is 11.1. The normalized spacial score (nSPS) is 9.92. The minimum atomic E-state index is -0.495. The topological polar surface area (TPSA) is 52.3 Å². The molecule has 0 unspecified atom stereocenters. The smallest absolute Gasteiger partial charge is 0.377 e. The van der Waals surface area contributed by atoms with Crippen molar-refractivity contribution >= 4 is 21.9 Å². The number of hydrogen-bond acceptors (Lipinski definition) is 4. The summed E-state index contributed by atoms with van der Waals surface area (Å²) in [6.45, 7) is 3.72. The van der Waals surface area contributed by atoms with Crippen molar-refractivity contribution < 1.29 is 13.9 Å². The number of carbonyl (C=O) groups is 1. The Hall–Kier alpha value is -0.840. The summed E-state index contributed by atoms with van der Waals surface area (Å²) in [5.74, 6) is 0.0595. The molecule has 0 radical (unpaired) electrons. The number of ether oxygens (including phenoxy) is 1. The van der Waals surface area contributed by atoms with Gasteiger partial charge in [-0.2, -0.15) is 0 Å². The van der Waals surface area contributed by atoms with E-state index in [2.05, 4.69) is 20.9 Å². The van der Waals surface area contributed by atoms with Crippen LogP contribution in [0, 0.1) is 6.92 Å². The standard InChI is InChI=1S/C7H8BrNO3/c1-3-11-7(10)5-6(8)9-4(2)12-5/h3H2,1-2H3. The fourth-order valence-corrected chi connectivity index (χ4v) is 1.22. The van der Waals surface area contributed by atoms with Gasteiger partial charge in [0.1, 0.15) is 0 Å². The molecule has 0 aliphatic rings. The molecule has 0 N–H and O–H groups in total. The van der Waals surface area contributed by atoms with Gasteiger partial charge in [0, 0.05) is 6.92 Å². The molecule has 0 spiro atoms. The average molecular weight is 234 g/mol. The van der Waals surface area contributed by atoms with Crippen LogP contribution in [0.25, 0.3) is 0 Å². The van der Waals surface area contributed by atoms with E-state index in [0.29, 0.717) is 17.1 Å². The monoisotopic (exact) mass is 233 g/mol. The summed E-state index contributed by atoms with van der Waals surface area (Å²) in [7, 11) is 0. The highest BCUT2D eigenvalue weighted by molar-refractivity contribution is 9.10. The molecule has 0 atom stereocenters. The Balaban J connectivity index is 2.87. The van der Waals surface area contributed by atoms with Crippen molar-refractivity contribution in [1.29, 1.82) is 0 Å². The number of hydrogen-bond donors (Lipinski definition) is 0. The van der Waals surface area contributed by atoms with Crippen LogP contribution in [0.5, 0.6) is 0 Å². The van der Waals surface area contributed by atoms with Crippen LogP contribution in [0.4, 0.5) is 0 Å². The summed E-state index contributed by atoms with van der Waals surface area (Å²) in [6.07, 6.45) is 0. The minimum absolute atomic E-state index is 0.120. The molecule has 0 aromatic carbocycles. The first-order chi connectivity index (χ1) is 5.65. The fourth-order valence-electron chi connectivity index (χ4n) is 0.724. The molecule has 4 nitrogen and oxygen atoms in total. The number of rotatable bonds is 2. The third-order valence-electron chi connectivity index (χ3n) is 1.15. The molecule has 0 fully saturated rings. The van der Waals surface area contributed by atoms with Crippen LogP contribution in [-0.2, 0) is 4.74 Å². The highest BCUT2D eigenvalue weighted by Gasteiger charge is 2.17. The average Bonchev–Trinajstić information content (AvgIpc) is 2.30. The fraction of sp³-hybridized carbons (Fsp3) is 0.429. The predicted molar refractivity (Wildman–Crippen MR) is 44.9 cm³/mol. The van der Waals surface area contributed by atoms with Gasteiger partial charge in [0.25, 0.3) is 0 Å². The van der Waals surface area contributed by atoms with Crippen LogP contribution in [0.15, 0.2) is 9.02 Å². The molecule has 5 heteroatoms. The molecule has 0 aliphatic carbocycles. The minimum Gasteiger partial charge on any atom is -0.460 e. The second-order valence-corrected chi connectivity index (χ2v) is 2.82. The van der Waals surface area contributed by atoms with E-state index in [1.165, 1.54) is 0 Å². The first kappa shape index (κ1) is 9.25. The number of oxazole rings is 1. The summed E-state index contributed by atoms with van der Waals surface area (Å²) < 4.78 is 10.1. The van der Waals surface area contributed by atoms with Gasteiger partial charge in [-0.15, -0.1) is 0 Å². The molecule has 66 valence electrons. The molecule has 1 aromatic heterocycles. The van der Waals surface area contributed by atoms with Crippen molar-refractivity contribution in [2.75, 3.05) is 6.61 Å². The van der Waals surface area contributed by atoms with Crippen LogP contribution in [-0.4, -0.2) is 17.6 Å². The molecule has 0 amide bonds. The van der Waals surface area contributed by atoms with E-state index >= 15 is 0 Å². The molecular formula is C7H8BrNO3. The number of carbonyl (C=O) groups excluding carboxylic acids is 1. The summed E-state index contributed by atoms with van der Waals surface area (Å²) >= 11 is 3.08. The Labute approximate surface area is 78.0 Å². The summed E-state index contributed by atoms with van der Waals surface area (Å²) in [4.78, 5) is 15.0. The molecule has 0 saturated carbocycles. The van der Waals surface area contributed by atoms with E-state index in [1.54, 1.807) is 13.8 Å². The number of aromatic nitrogens is 1. The van der Waals surface area contributed by atoms with Gasteiger partial charge in [-0.25, -0.2) is 9.78 Å². The molecule has 1 heterocycles. The lowest BCUT2D eigenvalue weighted by Crippen LogP contribution is -2.03. The molecule has 0 saturated heterocycles. The van der Waals surface area contributed by atoms with Crippen LogP contribution >= 0.6 is 15.9 Å². The Morgan fingerprint density at radius 2 is 2.42 bits per heavy atom. The first-order valence-electron chi connectivity index (χ1n) is 3.45. The number of nitrogens with zero attached hydrogens (tertiary/aromatic N) is 1. The zero-order chi connectivity index (χ0) is 9.14. The Morgan fingerprint density at radius 1 is 1.75 bits per heavy atom. The van der Waals surface area contributed by atoms with Crippen molar-refractivity contribution in [3.05, 3.63) is 16.3 Å².